The summed E-state index contributed by atoms with van der Waals surface area (Å²) in [4.78, 5) is 0. The third-order valence-electron chi connectivity index (χ3n) is 0. The van der Waals surface area contributed by atoms with E-state index in [9.17, 15) is 12.6 Å². The van der Waals surface area contributed by atoms with Gasteiger partial charge in [0, 0.05) is 0 Å². The maximum atomic E-state index is 10.5. The molecule has 0 heterocycles. The zero-order chi connectivity index (χ0) is 4.50. The summed E-state index contributed by atoms with van der Waals surface area (Å²) in [6.45, 7) is 0. The third-order valence-corrected chi connectivity index (χ3v) is 0. The van der Waals surface area contributed by atoms with E-state index in [1.165, 1.54) is 0 Å². The van der Waals surface area contributed by atoms with Crippen LogP contribution in [0.15, 0.2) is 0 Å². The van der Waals surface area contributed by atoms with Crippen molar-refractivity contribution in [1.29, 1.82) is 0 Å². The Morgan fingerprint density at radius 2 is 1.20 bits per heavy atom. The zero-order valence-electron chi connectivity index (χ0n) is 2.04. The molecule has 0 fully saturated rings. The molecule has 0 N–H and O–H groups in total. The summed E-state index contributed by atoms with van der Waals surface area (Å²) >= 11 is -0.201. The number of halogens is 3. The SMILES string of the molecule is F[PH](F)(F)[W]. The van der Waals surface area contributed by atoms with Crippen molar-refractivity contribution in [3.05, 3.63) is 0 Å². The monoisotopic (exact) mass is 273 g/mol. The van der Waals surface area contributed by atoms with Crippen molar-refractivity contribution in [2.24, 2.45) is 0 Å². The van der Waals surface area contributed by atoms with Crippen molar-refractivity contribution in [1.82, 2.24) is 0 Å². The molecule has 0 nitrogen and oxygen atoms in total. The molecule has 0 atom stereocenters. The molecule has 5 heavy (non-hydrogen) atoms. The molecule has 0 saturated heterocycles. The first kappa shape index (κ1) is 5.91. The second kappa shape index (κ2) is 1.57. The molecule has 0 spiro atoms. The fourth-order valence-electron chi connectivity index (χ4n) is 0. The molecular weight excluding hydrogens is 272 g/mol. The molecule has 0 aromatic heterocycles. The van der Waals surface area contributed by atoms with Crippen LogP contribution in [-0.2, 0) is 19.3 Å². The van der Waals surface area contributed by atoms with Crippen LogP contribution in [0.25, 0.3) is 0 Å². The second-order valence-corrected chi connectivity index (χ2v) is 6.33. The van der Waals surface area contributed by atoms with E-state index < -0.39 is 6.29 Å². The van der Waals surface area contributed by atoms with Gasteiger partial charge in [0.05, 0.1) is 0 Å². The van der Waals surface area contributed by atoms with Crippen molar-refractivity contribution in [2.75, 3.05) is 0 Å². The van der Waals surface area contributed by atoms with Crippen LogP contribution in [0.1, 0.15) is 0 Å². The summed E-state index contributed by atoms with van der Waals surface area (Å²) in [7, 11) is 0. The van der Waals surface area contributed by atoms with Gasteiger partial charge in [-0.25, -0.2) is 0 Å². The molecule has 0 aliphatic carbocycles. The molecule has 0 amide bonds. The van der Waals surface area contributed by atoms with Crippen LogP contribution in [0.3, 0.4) is 0 Å². The van der Waals surface area contributed by atoms with Crippen molar-refractivity contribution < 1.29 is 31.9 Å². The molecular formula is HF3PW. The molecule has 0 rings (SSSR count). The van der Waals surface area contributed by atoms with Crippen molar-refractivity contribution in [2.45, 2.75) is 0 Å². The van der Waals surface area contributed by atoms with E-state index in [1.807, 2.05) is 0 Å². The van der Waals surface area contributed by atoms with Gasteiger partial charge in [0.2, 0.25) is 0 Å². The predicted octanol–water partition coefficient (Wildman–Crippen LogP) is 1.85. The molecule has 0 aliphatic rings. The van der Waals surface area contributed by atoms with Gasteiger partial charge in [-0.15, -0.1) is 0 Å². The summed E-state index contributed by atoms with van der Waals surface area (Å²) in [5.41, 5.74) is 0. The van der Waals surface area contributed by atoms with Gasteiger partial charge in [-0.05, 0) is 0 Å². The van der Waals surface area contributed by atoms with E-state index in [2.05, 4.69) is 0 Å². The average molecular weight is 273 g/mol. The Bertz CT molecular complexity index is 22.4. The van der Waals surface area contributed by atoms with Crippen molar-refractivity contribution in [3.63, 3.8) is 0 Å². The van der Waals surface area contributed by atoms with E-state index in [0.29, 0.717) is 0 Å². The third kappa shape index (κ3) is 50.3. The summed E-state index contributed by atoms with van der Waals surface area (Å²) in [6.07, 6.45) is -5.03. The standard InChI is InChI=1S/F3HP.W/c1-4(2)3;/h4H;/q+1;-1. The maximum absolute atomic E-state index is 10.5. The first-order chi connectivity index (χ1) is 2.00. The normalized spacial score (nSPS) is 15.0. The van der Waals surface area contributed by atoms with E-state index in [0.717, 1.165) is 0 Å². The van der Waals surface area contributed by atoms with Crippen LogP contribution in [-0.4, -0.2) is 0 Å². The first-order valence-corrected chi connectivity index (χ1v) is 6.71. The fourth-order valence-corrected chi connectivity index (χ4v) is 0. The van der Waals surface area contributed by atoms with Gasteiger partial charge in [0.1, 0.15) is 0 Å². The summed E-state index contributed by atoms with van der Waals surface area (Å²) in [5, 5.41) is 0. The van der Waals surface area contributed by atoms with E-state index in [4.69, 9.17) is 0 Å². The molecule has 5 heteroatoms. The topological polar surface area (TPSA) is 0 Å². The van der Waals surface area contributed by atoms with Crippen LogP contribution in [0.5, 0.6) is 0 Å². The van der Waals surface area contributed by atoms with Crippen molar-refractivity contribution in [3.8, 4) is 0 Å². The van der Waals surface area contributed by atoms with Crippen LogP contribution < -0.4 is 0 Å². The molecule has 0 aromatic carbocycles. The number of hydrogen-bond donors (Lipinski definition) is 0. The van der Waals surface area contributed by atoms with E-state index >= 15 is 0 Å². The van der Waals surface area contributed by atoms with Crippen LogP contribution in [0.2, 0.25) is 0 Å². The number of hydrogen-bond acceptors (Lipinski definition) is 0. The van der Waals surface area contributed by atoms with Gasteiger partial charge in [0.25, 0.3) is 0 Å². The van der Waals surface area contributed by atoms with Gasteiger partial charge in [-0.3, -0.25) is 0 Å². The van der Waals surface area contributed by atoms with Gasteiger partial charge >= 0.3 is 38.2 Å². The Hall–Kier alpha value is 0.908. The fraction of sp³-hybridized carbons (Fsp3) is 0. The summed E-state index contributed by atoms with van der Waals surface area (Å²) in [6, 6.07) is 0. The summed E-state index contributed by atoms with van der Waals surface area (Å²) < 4.78 is 31.6. The van der Waals surface area contributed by atoms with E-state index in [1.54, 1.807) is 0 Å². The van der Waals surface area contributed by atoms with Crippen LogP contribution >= 0.6 is 6.29 Å². The summed E-state index contributed by atoms with van der Waals surface area (Å²) in [5.74, 6) is 0. The average Bonchev–Trinajstić information content (AvgIpc) is 0.722. The minimum atomic E-state index is -5.03. The second-order valence-electron chi connectivity index (χ2n) is 0.446. The quantitative estimate of drug-likeness (QED) is 0.591. The minimum absolute atomic E-state index is 0.201. The van der Waals surface area contributed by atoms with Crippen molar-refractivity contribution >= 4 is 6.29 Å². The van der Waals surface area contributed by atoms with Gasteiger partial charge < -0.3 is 0 Å². The van der Waals surface area contributed by atoms with E-state index in [-0.39, 0.29) is 19.3 Å². The Balaban J connectivity index is 3.02. The predicted molar refractivity (Wildman–Crippen MR) is 11.6 cm³/mol. The van der Waals surface area contributed by atoms with Gasteiger partial charge in [0.15, 0.2) is 0 Å². The molecule has 0 saturated carbocycles. The molecule has 0 radical (unpaired) electrons. The molecule has 0 aliphatic heterocycles. The Labute approximate surface area is 38.8 Å². The van der Waals surface area contributed by atoms with Crippen LogP contribution in [0, 0.1) is 0 Å². The molecule has 0 aromatic rings. The first-order valence-electron chi connectivity index (χ1n) is 0.771. The molecule has 0 bridgehead atoms. The Kier molecular flexibility index (Phi) is 1.86. The molecule has 33 valence electrons. The van der Waals surface area contributed by atoms with Crippen LogP contribution in [0.4, 0.5) is 12.6 Å². The Morgan fingerprint density at radius 1 is 1.20 bits per heavy atom. The zero-order valence-corrected chi connectivity index (χ0v) is 5.98. The van der Waals surface area contributed by atoms with Gasteiger partial charge in [-0.2, -0.15) is 0 Å². The molecule has 0 unspecified atom stereocenters. The Morgan fingerprint density at radius 3 is 1.20 bits per heavy atom. The number of rotatable bonds is 0. The van der Waals surface area contributed by atoms with Gasteiger partial charge in [-0.1, -0.05) is 0 Å².